The van der Waals surface area contributed by atoms with Crippen LogP contribution in [0.5, 0.6) is 0 Å². The van der Waals surface area contributed by atoms with Gasteiger partial charge in [0.25, 0.3) is 5.91 Å². The lowest BCUT2D eigenvalue weighted by Crippen LogP contribution is -2.20. The summed E-state index contributed by atoms with van der Waals surface area (Å²) in [7, 11) is 1.78. The van der Waals surface area contributed by atoms with Crippen LogP contribution in [0.15, 0.2) is 60.0 Å². The maximum Gasteiger partial charge on any atom is 0.268 e. The van der Waals surface area contributed by atoms with Crippen molar-refractivity contribution >= 4 is 23.2 Å². The average Bonchev–Trinajstić information content (AvgIpc) is 2.44. The highest BCUT2D eigenvalue weighted by atomic mass is 35.5. The number of amides is 1. The molecule has 1 amide bonds. The Hall–Kier alpha value is -2.51. The number of hydrogen-bond donors (Lipinski definition) is 1. The fraction of sp³-hybridized carbons (Fsp3) is 0.0667. The first-order chi connectivity index (χ1) is 9.61. The zero-order valence-corrected chi connectivity index (χ0v) is 11.6. The van der Waals surface area contributed by atoms with Gasteiger partial charge < -0.3 is 10.2 Å². The zero-order chi connectivity index (χ0) is 14.5. The fourth-order valence-electron chi connectivity index (χ4n) is 1.73. The molecular weight excluding hydrogens is 274 g/mol. The average molecular weight is 286 g/mol. The lowest BCUT2D eigenvalue weighted by Gasteiger charge is -2.19. The number of anilines is 1. The van der Waals surface area contributed by atoms with E-state index in [1.165, 1.54) is 0 Å². The standard InChI is InChI=1S/C15H12ClN3O/c1-19-9-3-2-4-14(19)13(10-17)15(20)18-12-7-5-11(16)6-8-12/h2-9H,1H3,(H,18,20)/b14-13-. The molecule has 0 unspecified atom stereocenters. The van der Waals surface area contributed by atoms with Crippen LogP contribution in [0.2, 0.25) is 5.02 Å². The van der Waals surface area contributed by atoms with Gasteiger partial charge >= 0.3 is 0 Å². The van der Waals surface area contributed by atoms with Gasteiger partial charge in [-0.05, 0) is 36.4 Å². The molecule has 0 bridgehead atoms. The molecule has 0 aliphatic carbocycles. The van der Waals surface area contributed by atoms with Gasteiger partial charge in [0.15, 0.2) is 0 Å². The van der Waals surface area contributed by atoms with E-state index < -0.39 is 5.91 Å². The molecule has 5 heteroatoms. The highest BCUT2D eigenvalue weighted by Crippen LogP contribution is 2.18. The number of carbonyl (C=O) groups is 1. The highest BCUT2D eigenvalue weighted by Gasteiger charge is 2.17. The molecule has 1 heterocycles. The van der Waals surface area contributed by atoms with E-state index in [4.69, 9.17) is 11.6 Å². The normalized spacial score (nSPS) is 15.8. The maximum atomic E-state index is 12.2. The minimum atomic E-state index is -0.448. The Kier molecular flexibility index (Phi) is 4.24. The van der Waals surface area contributed by atoms with Gasteiger partial charge in [0.1, 0.15) is 11.6 Å². The predicted molar refractivity (Wildman–Crippen MR) is 78.8 cm³/mol. The number of allylic oxidation sites excluding steroid dienone is 3. The summed E-state index contributed by atoms with van der Waals surface area (Å²) in [6.07, 6.45) is 7.11. The molecule has 1 aliphatic rings. The lowest BCUT2D eigenvalue weighted by molar-refractivity contribution is -0.112. The Morgan fingerprint density at radius 1 is 1.30 bits per heavy atom. The lowest BCUT2D eigenvalue weighted by atomic mass is 10.1. The Morgan fingerprint density at radius 3 is 2.60 bits per heavy atom. The largest absolute Gasteiger partial charge is 0.350 e. The second-order valence-corrected chi connectivity index (χ2v) is 4.58. The van der Waals surface area contributed by atoms with Crippen LogP contribution in [0.4, 0.5) is 5.69 Å². The molecule has 1 aromatic carbocycles. The van der Waals surface area contributed by atoms with Crippen molar-refractivity contribution < 1.29 is 4.79 Å². The van der Waals surface area contributed by atoms with Gasteiger partial charge in [0.05, 0.1) is 5.70 Å². The SMILES string of the molecule is CN1C=CC=C/C1=C(\C#N)C(=O)Nc1ccc(Cl)cc1. The van der Waals surface area contributed by atoms with Crippen LogP contribution in [-0.4, -0.2) is 17.9 Å². The highest BCUT2D eigenvalue weighted by molar-refractivity contribution is 6.30. The summed E-state index contributed by atoms with van der Waals surface area (Å²) in [6.45, 7) is 0. The van der Waals surface area contributed by atoms with E-state index in [-0.39, 0.29) is 5.57 Å². The van der Waals surface area contributed by atoms with E-state index >= 15 is 0 Å². The van der Waals surface area contributed by atoms with Crippen molar-refractivity contribution in [3.8, 4) is 6.07 Å². The summed E-state index contributed by atoms with van der Waals surface area (Å²) < 4.78 is 0. The second kappa shape index (κ2) is 6.09. The number of benzene rings is 1. The van der Waals surface area contributed by atoms with Crippen molar-refractivity contribution in [3.05, 3.63) is 65.0 Å². The summed E-state index contributed by atoms with van der Waals surface area (Å²) in [4.78, 5) is 13.9. The number of nitrogens with zero attached hydrogens (tertiary/aromatic N) is 2. The molecular formula is C15H12ClN3O. The van der Waals surface area contributed by atoms with Gasteiger partial charge in [0.2, 0.25) is 0 Å². The molecule has 2 rings (SSSR count). The van der Waals surface area contributed by atoms with Gasteiger partial charge in [-0.15, -0.1) is 0 Å². The predicted octanol–water partition coefficient (Wildman–Crippen LogP) is 3.07. The quantitative estimate of drug-likeness (QED) is 0.671. The summed E-state index contributed by atoms with van der Waals surface area (Å²) in [5.74, 6) is -0.448. The number of carbonyl (C=O) groups excluding carboxylic acids is 1. The molecule has 0 saturated heterocycles. The molecule has 1 aliphatic heterocycles. The monoisotopic (exact) mass is 285 g/mol. The third-order valence-corrected chi connectivity index (χ3v) is 3.00. The van der Waals surface area contributed by atoms with Gasteiger partial charge in [-0.25, -0.2) is 0 Å². The minimum Gasteiger partial charge on any atom is -0.350 e. The van der Waals surface area contributed by atoms with Crippen LogP contribution < -0.4 is 5.32 Å². The van der Waals surface area contributed by atoms with Crippen LogP contribution in [0.25, 0.3) is 0 Å². The summed E-state index contributed by atoms with van der Waals surface area (Å²) >= 11 is 5.78. The first-order valence-corrected chi connectivity index (χ1v) is 6.28. The number of nitrogens with one attached hydrogen (secondary N) is 1. The third-order valence-electron chi connectivity index (χ3n) is 2.75. The molecule has 20 heavy (non-hydrogen) atoms. The molecule has 0 radical (unpaired) electrons. The summed E-state index contributed by atoms with van der Waals surface area (Å²) in [5, 5.41) is 12.5. The molecule has 1 aromatic rings. The molecule has 4 nitrogen and oxygen atoms in total. The van der Waals surface area contributed by atoms with Crippen LogP contribution >= 0.6 is 11.6 Å². The van der Waals surface area contributed by atoms with Crippen LogP contribution in [0, 0.1) is 11.3 Å². The first-order valence-electron chi connectivity index (χ1n) is 5.91. The van der Waals surface area contributed by atoms with E-state index in [0.717, 1.165) is 0 Å². The van der Waals surface area contributed by atoms with Crippen LogP contribution in [0.3, 0.4) is 0 Å². The van der Waals surface area contributed by atoms with Gasteiger partial charge in [0, 0.05) is 24.0 Å². The summed E-state index contributed by atoms with van der Waals surface area (Å²) in [5.41, 5.74) is 1.20. The number of likely N-dealkylation sites (N-methyl/N-ethyl adjacent to an activating group) is 1. The molecule has 1 N–H and O–H groups in total. The molecule has 100 valence electrons. The molecule has 0 saturated carbocycles. The van der Waals surface area contributed by atoms with Crippen molar-refractivity contribution in [2.75, 3.05) is 12.4 Å². The zero-order valence-electron chi connectivity index (χ0n) is 10.8. The van der Waals surface area contributed by atoms with Gasteiger partial charge in [-0.3, -0.25) is 4.79 Å². The molecule has 0 aromatic heterocycles. The van der Waals surface area contributed by atoms with Crippen molar-refractivity contribution in [1.29, 1.82) is 5.26 Å². The summed E-state index contributed by atoms with van der Waals surface area (Å²) in [6, 6.07) is 8.65. The molecule has 0 fully saturated rings. The van der Waals surface area contributed by atoms with Gasteiger partial charge in [-0.1, -0.05) is 17.7 Å². The van der Waals surface area contributed by atoms with Crippen molar-refractivity contribution in [2.45, 2.75) is 0 Å². The fourth-order valence-corrected chi connectivity index (χ4v) is 1.86. The van der Waals surface area contributed by atoms with Gasteiger partial charge in [-0.2, -0.15) is 5.26 Å². The molecule has 0 atom stereocenters. The Balaban J connectivity index is 2.25. The maximum absolute atomic E-state index is 12.2. The van der Waals surface area contributed by atoms with Crippen LogP contribution in [0.1, 0.15) is 0 Å². The second-order valence-electron chi connectivity index (χ2n) is 4.14. The first kappa shape index (κ1) is 13.9. The van der Waals surface area contributed by atoms with Crippen LogP contribution in [-0.2, 0) is 4.79 Å². The topological polar surface area (TPSA) is 56.1 Å². The molecule has 0 spiro atoms. The third kappa shape index (κ3) is 3.08. The number of rotatable bonds is 2. The van der Waals surface area contributed by atoms with E-state index in [2.05, 4.69) is 5.32 Å². The van der Waals surface area contributed by atoms with E-state index in [1.54, 1.807) is 54.6 Å². The Bertz CT molecular complexity index is 651. The van der Waals surface area contributed by atoms with E-state index in [1.807, 2.05) is 12.1 Å². The van der Waals surface area contributed by atoms with Crippen molar-refractivity contribution in [3.63, 3.8) is 0 Å². The smallest absolute Gasteiger partial charge is 0.268 e. The van der Waals surface area contributed by atoms with Crippen molar-refractivity contribution in [1.82, 2.24) is 4.90 Å². The number of hydrogen-bond acceptors (Lipinski definition) is 3. The number of halogens is 1. The van der Waals surface area contributed by atoms with Crippen molar-refractivity contribution in [2.24, 2.45) is 0 Å². The minimum absolute atomic E-state index is 0.0584. The number of nitriles is 1. The van der Waals surface area contributed by atoms with E-state index in [9.17, 15) is 10.1 Å². The Labute approximate surface area is 122 Å². The van der Waals surface area contributed by atoms with E-state index in [0.29, 0.717) is 16.4 Å². The Morgan fingerprint density at radius 2 is 2.00 bits per heavy atom.